The van der Waals surface area contributed by atoms with Gasteiger partial charge in [-0.2, -0.15) is 0 Å². The Hall–Kier alpha value is -1.42. The van der Waals surface area contributed by atoms with Crippen molar-refractivity contribution in [1.29, 1.82) is 0 Å². The normalized spacial score (nSPS) is 14.8. The molecule has 0 amide bonds. The summed E-state index contributed by atoms with van der Waals surface area (Å²) < 4.78 is 11.2. The molecule has 0 spiro atoms. The minimum atomic E-state index is -0.0166. The Labute approximate surface area is 133 Å². The van der Waals surface area contributed by atoms with E-state index < -0.39 is 0 Å². The lowest BCUT2D eigenvalue weighted by Crippen LogP contribution is -2.19. The molecule has 1 atom stereocenters. The Kier molecular flexibility index (Phi) is 4.24. The second-order valence-electron chi connectivity index (χ2n) is 4.83. The van der Waals surface area contributed by atoms with Crippen molar-refractivity contribution in [3.05, 3.63) is 57.6 Å². The molecule has 2 aromatic carbocycles. The van der Waals surface area contributed by atoms with Crippen molar-refractivity contribution in [3.8, 4) is 11.5 Å². The first-order valence-corrected chi connectivity index (χ1v) is 7.46. The van der Waals surface area contributed by atoms with Crippen LogP contribution in [0.25, 0.3) is 0 Å². The van der Waals surface area contributed by atoms with E-state index in [1.54, 1.807) is 6.07 Å². The minimum absolute atomic E-state index is 0.0166. The van der Waals surface area contributed by atoms with Crippen LogP contribution in [0.3, 0.4) is 0 Å². The second kappa shape index (κ2) is 6.14. The zero-order valence-electron chi connectivity index (χ0n) is 11.5. The van der Waals surface area contributed by atoms with Crippen molar-refractivity contribution < 1.29 is 9.47 Å². The fraction of sp³-hybridized carbons (Fsp3) is 0.250. The van der Waals surface area contributed by atoms with E-state index >= 15 is 0 Å². The monoisotopic (exact) mass is 323 g/mol. The zero-order valence-corrected chi connectivity index (χ0v) is 13.0. The van der Waals surface area contributed by atoms with Crippen LogP contribution in [0.2, 0.25) is 10.0 Å². The molecule has 0 aromatic heterocycles. The van der Waals surface area contributed by atoms with Crippen LogP contribution < -0.4 is 14.8 Å². The summed E-state index contributed by atoms with van der Waals surface area (Å²) in [5.74, 6) is 1.55. The van der Waals surface area contributed by atoms with Crippen molar-refractivity contribution in [3.63, 3.8) is 0 Å². The maximum absolute atomic E-state index is 6.10. The number of hydrogen-bond donors (Lipinski definition) is 1. The molecule has 0 saturated heterocycles. The number of rotatable bonds is 3. The van der Waals surface area contributed by atoms with Crippen LogP contribution in [0.15, 0.2) is 36.4 Å². The van der Waals surface area contributed by atoms with Crippen LogP contribution in [-0.4, -0.2) is 20.3 Å². The van der Waals surface area contributed by atoms with E-state index in [4.69, 9.17) is 32.7 Å². The van der Waals surface area contributed by atoms with E-state index in [1.165, 1.54) is 0 Å². The third-order valence-corrected chi connectivity index (χ3v) is 3.84. The van der Waals surface area contributed by atoms with Crippen LogP contribution in [0.5, 0.6) is 11.5 Å². The van der Waals surface area contributed by atoms with Gasteiger partial charge in [0.1, 0.15) is 13.2 Å². The van der Waals surface area contributed by atoms with E-state index in [0.717, 1.165) is 22.6 Å². The molecule has 1 unspecified atom stereocenters. The van der Waals surface area contributed by atoms with Gasteiger partial charge in [0, 0.05) is 10.0 Å². The first kappa shape index (κ1) is 14.5. The van der Waals surface area contributed by atoms with E-state index in [1.807, 2.05) is 37.4 Å². The van der Waals surface area contributed by atoms with E-state index in [0.29, 0.717) is 23.3 Å². The molecular formula is C16H15Cl2NO2. The van der Waals surface area contributed by atoms with Crippen molar-refractivity contribution >= 4 is 23.2 Å². The molecule has 0 aliphatic carbocycles. The summed E-state index contributed by atoms with van der Waals surface area (Å²) in [5.41, 5.74) is 2.08. The molecule has 21 heavy (non-hydrogen) atoms. The number of hydrogen-bond acceptors (Lipinski definition) is 3. The summed E-state index contributed by atoms with van der Waals surface area (Å²) in [7, 11) is 1.90. The van der Waals surface area contributed by atoms with Crippen LogP contribution in [0, 0.1) is 0 Å². The first-order chi connectivity index (χ1) is 10.2. The number of ether oxygens (including phenoxy) is 2. The van der Waals surface area contributed by atoms with Crippen molar-refractivity contribution in [1.82, 2.24) is 5.32 Å². The molecule has 3 rings (SSSR count). The molecule has 3 nitrogen and oxygen atoms in total. The summed E-state index contributed by atoms with van der Waals surface area (Å²) in [4.78, 5) is 0. The molecule has 0 fully saturated rings. The quantitative estimate of drug-likeness (QED) is 0.923. The largest absolute Gasteiger partial charge is 0.486 e. The van der Waals surface area contributed by atoms with Crippen LogP contribution in [0.4, 0.5) is 0 Å². The number of halogens is 2. The smallest absolute Gasteiger partial charge is 0.161 e. The van der Waals surface area contributed by atoms with E-state index in [9.17, 15) is 0 Å². The lowest BCUT2D eigenvalue weighted by molar-refractivity contribution is 0.171. The highest BCUT2D eigenvalue weighted by Gasteiger charge is 2.18. The second-order valence-corrected chi connectivity index (χ2v) is 5.70. The van der Waals surface area contributed by atoms with Crippen molar-refractivity contribution in [2.24, 2.45) is 0 Å². The summed E-state index contributed by atoms with van der Waals surface area (Å²) in [6.07, 6.45) is 0. The highest BCUT2D eigenvalue weighted by molar-refractivity contribution is 6.34. The SMILES string of the molecule is CNC(c1cc(Cl)cc(Cl)c1)c1ccc2c(c1)OCCO2. The van der Waals surface area contributed by atoms with Crippen molar-refractivity contribution in [2.45, 2.75) is 6.04 Å². The highest BCUT2D eigenvalue weighted by atomic mass is 35.5. The summed E-state index contributed by atoms with van der Waals surface area (Å²) in [6.45, 7) is 1.16. The van der Waals surface area contributed by atoms with Gasteiger partial charge in [0.15, 0.2) is 11.5 Å². The standard InChI is InChI=1S/C16H15Cl2NO2/c1-19-16(11-6-12(17)9-13(18)7-11)10-2-3-14-15(8-10)21-5-4-20-14/h2-3,6-9,16,19H,4-5H2,1H3. The van der Waals surface area contributed by atoms with Crippen LogP contribution in [-0.2, 0) is 0 Å². The molecule has 1 aliphatic heterocycles. The molecule has 1 heterocycles. The van der Waals surface area contributed by atoms with Crippen molar-refractivity contribution in [2.75, 3.05) is 20.3 Å². The summed E-state index contributed by atoms with van der Waals surface area (Å²) in [6, 6.07) is 11.5. The van der Waals surface area contributed by atoms with Gasteiger partial charge in [-0.1, -0.05) is 29.3 Å². The predicted molar refractivity (Wildman–Crippen MR) is 84.8 cm³/mol. The van der Waals surface area contributed by atoms with Gasteiger partial charge in [-0.25, -0.2) is 0 Å². The summed E-state index contributed by atoms with van der Waals surface area (Å²) >= 11 is 12.2. The zero-order chi connectivity index (χ0) is 14.8. The molecule has 0 radical (unpaired) electrons. The van der Waals surface area contributed by atoms with Gasteiger partial charge in [0.05, 0.1) is 6.04 Å². The van der Waals surface area contributed by atoms with E-state index in [-0.39, 0.29) is 6.04 Å². The molecule has 1 aliphatic rings. The van der Waals surface area contributed by atoms with E-state index in [2.05, 4.69) is 5.32 Å². The predicted octanol–water partition coefficient (Wildman–Crippen LogP) is 4.07. The third-order valence-electron chi connectivity index (χ3n) is 3.41. The number of benzene rings is 2. The Morgan fingerprint density at radius 1 is 0.905 bits per heavy atom. The Balaban J connectivity index is 1.99. The van der Waals surface area contributed by atoms with Gasteiger partial charge in [-0.15, -0.1) is 0 Å². The van der Waals surface area contributed by atoms with Gasteiger partial charge in [-0.05, 0) is 48.5 Å². The lowest BCUT2D eigenvalue weighted by Gasteiger charge is -2.22. The van der Waals surface area contributed by atoms with Gasteiger partial charge in [-0.3, -0.25) is 0 Å². The molecule has 0 bridgehead atoms. The molecule has 5 heteroatoms. The van der Waals surface area contributed by atoms with Gasteiger partial charge in [0.25, 0.3) is 0 Å². The molecule has 110 valence electrons. The Morgan fingerprint density at radius 2 is 1.57 bits per heavy atom. The topological polar surface area (TPSA) is 30.5 Å². The minimum Gasteiger partial charge on any atom is -0.486 e. The van der Waals surface area contributed by atoms with Crippen LogP contribution in [0.1, 0.15) is 17.2 Å². The van der Waals surface area contributed by atoms with Gasteiger partial charge < -0.3 is 14.8 Å². The summed E-state index contributed by atoms with van der Waals surface area (Å²) in [5, 5.41) is 4.52. The third kappa shape index (κ3) is 3.10. The molecule has 1 N–H and O–H groups in total. The highest BCUT2D eigenvalue weighted by Crippen LogP contribution is 2.35. The first-order valence-electron chi connectivity index (χ1n) is 6.70. The maximum atomic E-state index is 6.10. The number of fused-ring (bicyclic) bond motifs is 1. The maximum Gasteiger partial charge on any atom is 0.161 e. The fourth-order valence-electron chi connectivity index (χ4n) is 2.51. The average molecular weight is 324 g/mol. The molecule has 2 aromatic rings. The van der Waals surface area contributed by atoms with Crippen LogP contribution >= 0.6 is 23.2 Å². The Bertz CT molecular complexity index is 640. The fourth-order valence-corrected chi connectivity index (χ4v) is 3.05. The molecule has 0 saturated carbocycles. The lowest BCUT2D eigenvalue weighted by atomic mass is 9.98. The van der Waals surface area contributed by atoms with Gasteiger partial charge in [0.2, 0.25) is 0 Å². The average Bonchev–Trinajstić information content (AvgIpc) is 2.47. The Morgan fingerprint density at radius 3 is 2.24 bits per heavy atom. The molecular weight excluding hydrogens is 309 g/mol. The number of nitrogens with one attached hydrogen (secondary N) is 1. The van der Waals surface area contributed by atoms with Gasteiger partial charge >= 0.3 is 0 Å².